The second kappa shape index (κ2) is 7.70. The molecule has 1 heterocycles. The fourth-order valence-corrected chi connectivity index (χ4v) is 2.89. The standard InChI is InChI=1S/C19H22N4O2/c1-23(14-8-3-2-4-9-14)17-12-6-5-10-15(17)21-19(25)22-16-11-7-13-20-18(16)24/h2-6,8-10,12,16H,7,11,13H2,1H3,(H,20,24)(H2,21,22,25). The zero-order valence-electron chi connectivity index (χ0n) is 14.2. The van der Waals surface area contributed by atoms with E-state index in [-0.39, 0.29) is 11.9 Å². The molecule has 0 aliphatic carbocycles. The molecule has 1 aliphatic heterocycles. The van der Waals surface area contributed by atoms with Crippen molar-refractivity contribution in [2.75, 3.05) is 23.8 Å². The van der Waals surface area contributed by atoms with Crippen molar-refractivity contribution in [1.82, 2.24) is 10.6 Å². The number of carbonyl (C=O) groups excluding carboxylic acids is 2. The molecule has 0 bridgehead atoms. The normalized spacial score (nSPS) is 16.7. The second-order valence-corrected chi connectivity index (χ2v) is 6.00. The zero-order chi connectivity index (χ0) is 17.6. The molecule has 1 aliphatic rings. The molecule has 1 fully saturated rings. The Morgan fingerprint density at radius 1 is 1.12 bits per heavy atom. The minimum Gasteiger partial charge on any atom is -0.354 e. The minimum atomic E-state index is -0.479. The first-order chi connectivity index (χ1) is 12.1. The Bertz CT molecular complexity index is 748. The Balaban J connectivity index is 1.72. The molecule has 1 saturated heterocycles. The number of benzene rings is 2. The van der Waals surface area contributed by atoms with Gasteiger partial charge in [-0.15, -0.1) is 0 Å². The van der Waals surface area contributed by atoms with Crippen LogP contribution in [0.1, 0.15) is 12.8 Å². The predicted molar refractivity (Wildman–Crippen MR) is 99.1 cm³/mol. The highest BCUT2D eigenvalue weighted by Gasteiger charge is 2.23. The molecule has 3 amide bonds. The predicted octanol–water partition coefficient (Wildman–Crippen LogP) is 2.85. The van der Waals surface area contributed by atoms with Crippen molar-refractivity contribution in [3.63, 3.8) is 0 Å². The van der Waals surface area contributed by atoms with Crippen LogP contribution in [0.25, 0.3) is 0 Å². The number of nitrogens with zero attached hydrogens (tertiary/aromatic N) is 1. The lowest BCUT2D eigenvalue weighted by Crippen LogP contribution is -2.51. The van der Waals surface area contributed by atoms with Gasteiger partial charge in [-0.05, 0) is 37.1 Å². The minimum absolute atomic E-state index is 0.129. The van der Waals surface area contributed by atoms with Gasteiger partial charge < -0.3 is 20.9 Å². The Kier molecular flexibility index (Phi) is 5.18. The van der Waals surface area contributed by atoms with E-state index in [4.69, 9.17) is 0 Å². The summed E-state index contributed by atoms with van der Waals surface area (Å²) in [7, 11) is 1.95. The first-order valence-electron chi connectivity index (χ1n) is 8.38. The van der Waals surface area contributed by atoms with Crippen molar-refractivity contribution < 1.29 is 9.59 Å². The van der Waals surface area contributed by atoms with Crippen molar-refractivity contribution in [2.24, 2.45) is 0 Å². The Hall–Kier alpha value is -3.02. The lowest BCUT2D eigenvalue weighted by Gasteiger charge is -2.25. The average molecular weight is 338 g/mol. The van der Waals surface area contributed by atoms with Gasteiger partial charge in [0.1, 0.15) is 6.04 Å². The van der Waals surface area contributed by atoms with Crippen LogP contribution in [0, 0.1) is 0 Å². The van der Waals surface area contributed by atoms with Crippen LogP contribution >= 0.6 is 0 Å². The molecule has 3 rings (SSSR count). The van der Waals surface area contributed by atoms with Gasteiger partial charge in [0.15, 0.2) is 0 Å². The van der Waals surface area contributed by atoms with E-state index < -0.39 is 6.04 Å². The number of nitrogens with one attached hydrogen (secondary N) is 3. The van der Waals surface area contributed by atoms with Crippen LogP contribution in [-0.2, 0) is 4.79 Å². The number of rotatable bonds is 4. The summed E-state index contributed by atoms with van der Waals surface area (Å²) in [5, 5.41) is 8.36. The number of hydrogen-bond acceptors (Lipinski definition) is 3. The van der Waals surface area contributed by atoms with Crippen molar-refractivity contribution in [3.05, 3.63) is 54.6 Å². The van der Waals surface area contributed by atoms with Gasteiger partial charge in [0.25, 0.3) is 0 Å². The number of urea groups is 1. The number of para-hydroxylation sites is 3. The molecule has 1 unspecified atom stereocenters. The third-order valence-electron chi connectivity index (χ3n) is 4.25. The smallest absolute Gasteiger partial charge is 0.319 e. The molecule has 0 aromatic heterocycles. The molecule has 0 spiro atoms. The van der Waals surface area contributed by atoms with E-state index in [2.05, 4.69) is 16.0 Å². The van der Waals surface area contributed by atoms with Gasteiger partial charge in [-0.2, -0.15) is 0 Å². The zero-order valence-corrected chi connectivity index (χ0v) is 14.2. The first kappa shape index (κ1) is 16.8. The molecule has 25 heavy (non-hydrogen) atoms. The van der Waals surface area contributed by atoms with E-state index >= 15 is 0 Å². The summed E-state index contributed by atoms with van der Waals surface area (Å²) >= 11 is 0. The van der Waals surface area contributed by atoms with Gasteiger partial charge in [-0.25, -0.2) is 4.79 Å². The van der Waals surface area contributed by atoms with Gasteiger partial charge in [-0.1, -0.05) is 30.3 Å². The highest BCUT2D eigenvalue weighted by molar-refractivity contribution is 5.96. The molecule has 1 atom stereocenters. The van der Waals surface area contributed by atoms with Crippen LogP contribution in [0.5, 0.6) is 0 Å². The maximum Gasteiger partial charge on any atom is 0.319 e. The molecule has 0 radical (unpaired) electrons. The Morgan fingerprint density at radius 2 is 1.84 bits per heavy atom. The molecule has 2 aromatic carbocycles. The molecule has 130 valence electrons. The van der Waals surface area contributed by atoms with E-state index in [9.17, 15) is 9.59 Å². The second-order valence-electron chi connectivity index (χ2n) is 6.00. The maximum absolute atomic E-state index is 12.3. The number of carbonyl (C=O) groups is 2. The highest BCUT2D eigenvalue weighted by atomic mass is 16.2. The quantitative estimate of drug-likeness (QED) is 0.802. The van der Waals surface area contributed by atoms with Gasteiger partial charge in [0, 0.05) is 19.3 Å². The number of piperidine rings is 1. The van der Waals surface area contributed by atoms with Crippen LogP contribution < -0.4 is 20.9 Å². The topological polar surface area (TPSA) is 73.5 Å². The molecular formula is C19H22N4O2. The summed E-state index contributed by atoms with van der Waals surface area (Å²) in [5.74, 6) is -0.129. The monoisotopic (exact) mass is 338 g/mol. The summed E-state index contributed by atoms with van der Waals surface area (Å²) in [6, 6.07) is 16.6. The summed E-state index contributed by atoms with van der Waals surface area (Å²) < 4.78 is 0. The molecule has 0 saturated carbocycles. The van der Waals surface area contributed by atoms with E-state index in [0.717, 1.165) is 17.8 Å². The van der Waals surface area contributed by atoms with Crippen LogP contribution in [0.3, 0.4) is 0 Å². The van der Waals surface area contributed by atoms with E-state index in [0.29, 0.717) is 18.7 Å². The van der Waals surface area contributed by atoms with Crippen LogP contribution in [0.4, 0.5) is 21.9 Å². The molecule has 2 aromatic rings. The SMILES string of the molecule is CN(c1ccccc1)c1ccccc1NC(=O)NC1CCCNC1=O. The molecule has 3 N–H and O–H groups in total. The van der Waals surface area contributed by atoms with E-state index in [1.165, 1.54) is 0 Å². The van der Waals surface area contributed by atoms with Crippen molar-refractivity contribution in [1.29, 1.82) is 0 Å². The van der Waals surface area contributed by atoms with Crippen LogP contribution in [0.15, 0.2) is 54.6 Å². The highest BCUT2D eigenvalue weighted by Crippen LogP contribution is 2.30. The summed E-state index contributed by atoms with van der Waals surface area (Å²) in [5.41, 5.74) is 2.57. The van der Waals surface area contributed by atoms with Gasteiger partial charge in [0.2, 0.25) is 5.91 Å². The van der Waals surface area contributed by atoms with E-state index in [1.807, 2.05) is 66.5 Å². The molecule has 6 nitrogen and oxygen atoms in total. The summed E-state index contributed by atoms with van der Waals surface area (Å²) in [4.78, 5) is 26.1. The lowest BCUT2D eigenvalue weighted by atomic mass is 10.1. The molecule has 6 heteroatoms. The van der Waals surface area contributed by atoms with Gasteiger partial charge >= 0.3 is 6.03 Å². The Labute approximate surface area is 147 Å². The number of hydrogen-bond donors (Lipinski definition) is 3. The molecular weight excluding hydrogens is 316 g/mol. The van der Waals surface area contributed by atoms with Crippen molar-refractivity contribution in [3.8, 4) is 0 Å². The van der Waals surface area contributed by atoms with Gasteiger partial charge in [0.05, 0.1) is 11.4 Å². The third kappa shape index (κ3) is 4.09. The van der Waals surface area contributed by atoms with Crippen LogP contribution in [0.2, 0.25) is 0 Å². The van der Waals surface area contributed by atoms with Crippen LogP contribution in [-0.4, -0.2) is 31.6 Å². The largest absolute Gasteiger partial charge is 0.354 e. The van der Waals surface area contributed by atoms with Crippen molar-refractivity contribution >= 4 is 29.0 Å². The first-order valence-corrected chi connectivity index (χ1v) is 8.38. The van der Waals surface area contributed by atoms with Gasteiger partial charge in [-0.3, -0.25) is 4.79 Å². The summed E-state index contributed by atoms with van der Waals surface area (Å²) in [6.45, 7) is 0.670. The summed E-state index contributed by atoms with van der Waals surface area (Å²) in [6.07, 6.45) is 1.52. The number of anilines is 3. The van der Waals surface area contributed by atoms with E-state index in [1.54, 1.807) is 0 Å². The third-order valence-corrected chi connectivity index (χ3v) is 4.25. The maximum atomic E-state index is 12.3. The van der Waals surface area contributed by atoms with Crippen molar-refractivity contribution in [2.45, 2.75) is 18.9 Å². The number of amides is 3. The lowest BCUT2D eigenvalue weighted by molar-refractivity contribution is -0.124. The average Bonchev–Trinajstić information content (AvgIpc) is 2.64. The fraction of sp³-hybridized carbons (Fsp3) is 0.263. The Morgan fingerprint density at radius 3 is 2.60 bits per heavy atom. The fourth-order valence-electron chi connectivity index (χ4n) is 2.89.